The third kappa shape index (κ3) is 3.51. The molecule has 0 fully saturated rings. The molecule has 1 aliphatic carbocycles. The molecule has 0 unspecified atom stereocenters. The van der Waals surface area contributed by atoms with E-state index >= 15 is 0 Å². The van der Waals surface area contributed by atoms with Crippen LogP contribution < -0.4 is 0 Å². The van der Waals surface area contributed by atoms with E-state index in [0.717, 1.165) is 11.1 Å². The first kappa shape index (κ1) is 17.4. The predicted molar refractivity (Wildman–Crippen MR) is 97.5 cm³/mol. The van der Waals surface area contributed by atoms with E-state index in [0.29, 0.717) is 24.8 Å². The highest BCUT2D eigenvalue weighted by atomic mass is 16.6. The quantitative estimate of drug-likeness (QED) is 0.617. The summed E-state index contributed by atoms with van der Waals surface area (Å²) in [6.07, 6.45) is 1.55. The molecule has 0 amide bonds. The Hall–Kier alpha value is -2.42. The molecule has 2 aromatic rings. The number of esters is 1. The van der Waals surface area contributed by atoms with Crippen molar-refractivity contribution in [1.82, 2.24) is 0 Å². The van der Waals surface area contributed by atoms with Gasteiger partial charge in [-0.3, -0.25) is 9.59 Å². The van der Waals surface area contributed by atoms with E-state index in [1.807, 2.05) is 75.4 Å². The molecule has 3 heteroatoms. The van der Waals surface area contributed by atoms with E-state index in [1.54, 1.807) is 0 Å². The minimum Gasteiger partial charge on any atom is -0.459 e. The zero-order valence-corrected chi connectivity index (χ0v) is 15.0. The summed E-state index contributed by atoms with van der Waals surface area (Å²) in [4.78, 5) is 26.5. The summed E-state index contributed by atoms with van der Waals surface area (Å²) >= 11 is 0. The molecule has 0 aromatic heterocycles. The first-order chi connectivity index (χ1) is 11.8. The van der Waals surface area contributed by atoms with Gasteiger partial charge in [-0.05, 0) is 51.2 Å². The Labute approximate surface area is 149 Å². The third-order valence-corrected chi connectivity index (χ3v) is 4.66. The second-order valence-corrected chi connectivity index (χ2v) is 7.73. The van der Waals surface area contributed by atoms with E-state index in [-0.39, 0.29) is 5.78 Å². The summed E-state index contributed by atoms with van der Waals surface area (Å²) < 4.78 is 5.68. The van der Waals surface area contributed by atoms with Crippen LogP contribution in [0.15, 0.2) is 54.6 Å². The fourth-order valence-electron chi connectivity index (χ4n) is 3.43. The zero-order chi connectivity index (χ0) is 18.1. The van der Waals surface area contributed by atoms with Gasteiger partial charge < -0.3 is 4.74 Å². The molecule has 3 rings (SSSR count). The number of aryl methyl sites for hydroxylation is 1. The van der Waals surface area contributed by atoms with Gasteiger partial charge in [-0.2, -0.15) is 0 Å². The number of hydrogen-bond acceptors (Lipinski definition) is 3. The predicted octanol–water partition coefficient (Wildman–Crippen LogP) is 4.39. The van der Waals surface area contributed by atoms with Gasteiger partial charge in [0.1, 0.15) is 11.0 Å². The van der Waals surface area contributed by atoms with Crippen LogP contribution in [0.5, 0.6) is 0 Å². The van der Waals surface area contributed by atoms with Crippen LogP contribution in [0, 0.1) is 5.41 Å². The maximum absolute atomic E-state index is 13.4. The lowest BCUT2D eigenvalue weighted by molar-refractivity contribution is -0.165. The molecule has 2 aromatic carbocycles. The second-order valence-electron chi connectivity index (χ2n) is 7.73. The molecule has 0 N–H and O–H groups in total. The minimum atomic E-state index is -1.15. The fourth-order valence-corrected chi connectivity index (χ4v) is 3.43. The number of Topliss-reactive ketones (excluding diaryl/α,β-unsaturated/α-hetero) is 1. The summed E-state index contributed by atoms with van der Waals surface area (Å²) in [6.45, 7) is 5.51. The van der Waals surface area contributed by atoms with Gasteiger partial charge >= 0.3 is 5.97 Å². The molecule has 130 valence electrons. The Morgan fingerprint density at radius 2 is 1.68 bits per heavy atom. The van der Waals surface area contributed by atoms with Crippen molar-refractivity contribution >= 4 is 11.8 Å². The number of ketones is 1. The van der Waals surface area contributed by atoms with Gasteiger partial charge in [-0.25, -0.2) is 0 Å². The Morgan fingerprint density at radius 1 is 1.04 bits per heavy atom. The van der Waals surface area contributed by atoms with E-state index in [9.17, 15) is 9.59 Å². The maximum Gasteiger partial charge on any atom is 0.320 e. The lowest BCUT2D eigenvalue weighted by Gasteiger charge is -2.36. The zero-order valence-electron chi connectivity index (χ0n) is 15.0. The monoisotopic (exact) mass is 336 g/mol. The van der Waals surface area contributed by atoms with Crippen molar-refractivity contribution in [3.8, 4) is 0 Å². The summed E-state index contributed by atoms with van der Waals surface area (Å²) in [5.74, 6) is -0.532. The molecular weight excluding hydrogens is 312 g/mol. The average molecular weight is 336 g/mol. The van der Waals surface area contributed by atoms with Crippen LogP contribution in [-0.2, 0) is 22.4 Å². The molecule has 3 nitrogen and oxygen atoms in total. The van der Waals surface area contributed by atoms with Crippen molar-refractivity contribution in [1.29, 1.82) is 0 Å². The molecule has 0 saturated heterocycles. The number of carbonyl (C=O) groups excluding carboxylic acids is 2. The minimum absolute atomic E-state index is 0.118. The van der Waals surface area contributed by atoms with Crippen LogP contribution in [0.25, 0.3) is 0 Å². The van der Waals surface area contributed by atoms with Crippen LogP contribution in [0.3, 0.4) is 0 Å². The lowest BCUT2D eigenvalue weighted by atomic mass is 9.67. The van der Waals surface area contributed by atoms with Gasteiger partial charge in [0.2, 0.25) is 0 Å². The Balaban J connectivity index is 2.04. The van der Waals surface area contributed by atoms with Gasteiger partial charge in [0.25, 0.3) is 0 Å². The summed E-state index contributed by atoms with van der Waals surface area (Å²) in [5, 5.41) is 0. The Morgan fingerprint density at radius 3 is 2.36 bits per heavy atom. The average Bonchev–Trinajstić information content (AvgIpc) is 2.57. The van der Waals surface area contributed by atoms with E-state index in [4.69, 9.17) is 4.74 Å². The highest BCUT2D eigenvalue weighted by molar-refractivity contribution is 6.14. The van der Waals surface area contributed by atoms with Gasteiger partial charge in [-0.15, -0.1) is 0 Å². The van der Waals surface area contributed by atoms with Crippen molar-refractivity contribution in [2.75, 3.05) is 0 Å². The molecule has 25 heavy (non-hydrogen) atoms. The summed E-state index contributed by atoms with van der Waals surface area (Å²) in [5.41, 5.74) is 0.859. The first-order valence-corrected chi connectivity index (χ1v) is 8.72. The number of rotatable bonds is 3. The topological polar surface area (TPSA) is 43.4 Å². The van der Waals surface area contributed by atoms with Crippen molar-refractivity contribution in [3.05, 3.63) is 71.3 Å². The number of benzene rings is 2. The molecule has 0 heterocycles. The summed E-state index contributed by atoms with van der Waals surface area (Å²) in [7, 11) is 0. The van der Waals surface area contributed by atoms with Crippen molar-refractivity contribution in [3.63, 3.8) is 0 Å². The van der Waals surface area contributed by atoms with Gasteiger partial charge in [-0.1, -0.05) is 54.6 Å². The number of carbonyl (C=O) groups is 2. The van der Waals surface area contributed by atoms with E-state index < -0.39 is 17.0 Å². The highest BCUT2D eigenvalue weighted by Crippen LogP contribution is 2.40. The van der Waals surface area contributed by atoms with Crippen LogP contribution in [0.4, 0.5) is 0 Å². The Kier molecular flexibility index (Phi) is 4.51. The second kappa shape index (κ2) is 6.47. The standard InChI is InChI=1S/C22H24O3/c1-21(2,3)25-20(24)22(15-16-9-5-4-6-10-16)14-13-17-11-7-8-12-18(17)19(22)23/h4-12H,13-15H2,1-3H3/t22-/m0/s1. The lowest BCUT2D eigenvalue weighted by Crippen LogP contribution is -2.47. The van der Waals surface area contributed by atoms with Gasteiger partial charge in [0.15, 0.2) is 5.78 Å². The van der Waals surface area contributed by atoms with Crippen LogP contribution in [0.1, 0.15) is 48.7 Å². The number of hydrogen-bond donors (Lipinski definition) is 0. The molecule has 0 bridgehead atoms. The normalized spacial score (nSPS) is 20.0. The highest BCUT2D eigenvalue weighted by Gasteiger charge is 2.50. The molecule has 1 atom stereocenters. The fraction of sp³-hybridized carbons (Fsp3) is 0.364. The first-order valence-electron chi connectivity index (χ1n) is 8.72. The molecule has 0 aliphatic heterocycles. The van der Waals surface area contributed by atoms with Crippen LogP contribution >= 0.6 is 0 Å². The molecule has 0 spiro atoms. The molecule has 1 aliphatic rings. The Bertz CT molecular complexity index is 786. The molecule has 0 saturated carbocycles. The van der Waals surface area contributed by atoms with E-state index in [1.165, 1.54) is 0 Å². The van der Waals surface area contributed by atoms with Crippen molar-refractivity contribution < 1.29 is 14.3 Å². The number of ether oxygens (including phenoxy) is 1. The third-order valence-electron chi connectivity index (χ3n) is 4.66. The van der Waals surface area contributed by atoms with Gasteiger partial charge in [0, 0.05) is 5.56 Å². The molecular formula is C22H24O3. The van der Waals surface area contributed by atoms with Gasteiger partial charge in [0.05, 0.1) is 0 Å². The van der Waals surface area contributed by atoms with Crippen LogP contribution in [0.2, 0.25) is 0 Å². The van der Waals surface area contributed by atoms with Crippen molar-refractivity contribution in [2.24, 2.45) is 5.41 Å². The summed E-state index contributed by atoms with van der Waals surface area (Å²) in [6, 6.07) is 17.3. The van der Waals surface area contributed by atoms with Crippen LogP contribution in [-0.4, -0.2) is 17.4 Å². The largest absolute Gasteiger partial charge is 0.459 e. The number of fused-ring (bicyclic) bond motifs is 1. The smallest absolute Gasteiger partial charge is 0.320 e. The SMILES string of the molecule is CC(C)(C)OC(=O)[C@]1(Cc2ccccc2)CCc2ccccc2C1=O. The molecule has 0 radical (unpaired) electrons. The van der Waals surface area contributed by atoms with Crippen molar-refractivity contribution in [2.45, 2.75) is 45.6 Å². The van der Waals surface area contributed by atoms with E-state index in [2.05, 4.69) is 0 Å². The maximum atomic E-state index is 13.4.